The Bertz CT molecular complexity index is 916. The van der Waals surface area contributed by atoms with Gasteiger partial charge in [0.2, 0.25) is 0 Å². The Kier molecular flexibility index (Phi) is 30.1. The minimum atomic E-state index is -4.76. The van der Waals surface area contributed by atoms with E-state index in [1.165, 1.54) is 19.3 Å². The van der Waals surface area contributed by atoms with E-state index < -0.39 is 32.5 Å². The van der Waals surface area contributed by atoms with Crippen molar-refractivity contribution in [2.45, 2.75) is 142 Å². The third-order valence-corrected chi connectivity index (χ3v) is 7.26. The molecule has 45 heavy (non-hydrogen) atoms. The standard InChI is InChI=1S/C36H61O8P/c1-3-5-7-9-11-13-15-17-18-19-21-23-25-27-29-31-36(38)44-34(33-43-45(39,40)41)32-42-35(37)30-28-26-24-22-20-16-14-12-10-8-6-4-2/h5,7,11-14,17-18,21,23,34H,3-4,6,8-10,15-16,19-20,22,24-33H2,1-2H3,(H2,39,40,41)/b7-5-,13-11-,14-12-,18-17-,23-21-/t34-/m1/s1. The summed E-state index contributed by atoms with van der Waals surface area (Å²) in [6.45, 7) is 3.47. The van der Waals surface area contributed by atoms with Crippen LogP contribution in [-0.4, -0.2) is 41.0 Å². The molecule has 0 spiro atoms. The van der Waals surface area contributed by atoms with Gasteiger partial charge < -0.3 is 19.3 Å². The monoisotopic (exact) mass is 652 g/mol. The fourth-order valence-corrected chi connectivity index (χ4v) is 4.60. The summed E-state index contributed by atoms with van der Waals surface area (Å²) in [5, 5.41) is 0. The lowest BCUT2D eigenvalue weighted by atomic mass is 10.1. The number of esters is 2. The number of rotatable bonds is 30. The van der Waals surface area contributed by atoms with Crippen LogP contribution in [0.1, 0.15) is 136 Å². The number of unbranched alkanes of at least 4 members (excludes halogenated alkanes) is 10. The largest absolute Gasteiger partial charge is 0.469 e. The highest BCUT2D eigenvalue weighted by Gasteiger charge is 2.22. The van der Waals surface area contributed by atoms with Crippen molar-refractivity contribution in [2.75, 3.05) is 13.2 Å². The normalized spacial score (nSPS) is 13.2. The molecule has 0 unspecified atom stereocenters. The Morgan fingerprint density at radius 1 is 0.600 bits per heavy atom. The second-order valence-electron chi connectivity index (χ2n) is 11.1. The molecule has 0 aromatic carbocycles. The fourth-order valence-electron chi connectivity index (χ4n) is 4.24. The zero-order chi connectivity index (χ0) is 33.3. The summed E-state index contributed by atoms with van der Waals surface area (Å²) >= 11 is 0. The van der Waals surface area contributed by atoms with Crippen LogP contribution in [0.25, 0.3) is 0 Å². The van der Waals surface area contributed by atoms with Crippen LogP contribution in [0.5, 0.6) is 0 Å². The van der Waals surface area contributed by atoms with Crippen LogP contribution in [0.3, 0.4) is 0 Å². The predicted octanol–water partition coefficient (Wildman–Crippen LogP) is 9.78. The summed E-state index contributed by atoms with van der Waals surface area (Å²) < 4.78 is 26.2. The summed E-state index contributed by atoms with van der Waals surface area (Å²) in [5.74, 6) is -0.952. The zero-order valence-electron chi connectivity index (χ0n) is 28.0. The van der Waals surface area contributed by atoms with Gasteiger partial charge in [-0.15, -0.1) is 0 Å². The van der Waals surface area contributed by atoms with Crippen molar-refractivity contribution in [3.05, 3.63) is 60.8 Å². The Hall–Kier alpha value is -2.25. The van der Waals surface area contributed by atoms with Gasteiger partial charge in [0.1, 0.15) is 6.61 Å². The molecule has 0 saturated heterocycles. The maximum absolute atomic E-state index is 12.3. The molecule has 0 fully saturated rings. The van der Waals surface area contributed by atoms with Gasteiger partial charge in [0, 0.05) is 12.8 Å². The second kappa shape index (κ2) is 31.7. The lowest BCUT2D eigenvalue weighted by molar-refractivity contribution is -0.161. The molecule has 0 rings (SSSR count). The summed E-state index contributed by atoms with van der Waals surface area (Å²) in [7, 11) is -4.76. The Labute approximate surface area is 273 Å². The van der Waals surface area contributed by atoms with Gasteiger partial charge in [0.05, 0.1) is 6.61 Å². The molecule has 0 aliphatic carbocycles. The second-order valence-corrected chi connectivity index (χ2v) is 12.3. The van der Waals surface area contributed by atoms with Crippen molar-refractivity contribution in [1.82, 2.24) is 0 Å². The quantitative estimate of drug-likeness (QED) is 0.0341. The number of hydrogen-bond acceptors (Lipinski definition) is 6. The zero-order valence-corrected chi connectivity index (χ0v) is 28.9. The lowest BCUT2D eigenvalue weighted by Gasteiger charge is -2.18. The Morgan fingerprint density at radius 3 is 1.67 bits per heavy atom. The van der Waals surface area contributed by atoms with Gasteiger partial charge in [0.15, 0.2) is 6.10 Å². The first-order valence-corrected chi connectivity index (χ1v) is 18.6. The number of carbonyl (C=O) groups excluding carboxylic acids is 2. The molecule has 2 N–H and O–H groups in total. The third kappa shape index (κ3) is 34.5. The van der Waals surface area contributed by atoms with Gasteiger partial charge in [-0.3, -0.25) is 14.1 Å². The van der Waals surface area contributed by atoms with Crippen molar-refractivity contribution in [1.29, 1.82) is 0 Å². The van der Waals surface area contributed by atoms with Gasteiger partial charge in [-0.05, 0) is 77.0 Å². The highest BCUT2D eigenvalue weighted by atomic mass is 31.2. The molecular formula is C36H61O8P. The fraction of sp³-hybridized carbons (Fsp3) is 0.667. The van der Waals surface area contributed by atoms with Gasteiger partial charge in [-0.1, -0.05) is 107 Å². The molecule has 0 aromatic rings. The first-order chi connectivity index (χ1) is 21.8. The van der Waals surface area contributed by atoms with E-state index in [1.807, 2.05) is 0 Å². The van der Waals surface area contributed by atoms with Crippen LogP contribution in [0.4, 0.5) is 0 Å². The molecule has 8 nitrogen and oxygen atoms in total. The van der Waals surface area contributed by atoms with Crippen LogP contribution in [0, 0.1) is 0 Å². The molecule has 0 heterocycles. The summed E-state index contributed by atoms with van der Waals surface area (Å²) in [5.41, 5.74) is 0. The highest BCUT2D eigenvalue weighted by Crippen LogP contribution is 2.35. The van der Waals surface area contributed by atoms with Crippen LogP contribution >= 0.6 is 7.82 Å². The van der Waals surface area contributed by atoms with E-state index in [0.29, 0.717) is 12.8 Å². The topological polar surface area (TPSA) is 119 Å². The SMILES string of the molecule is CC/C=C\C/C=C\C/C=C\C/C=C\CCCCC(=O)O[C@H](COC(=O)CCCCCCC/C=C\CCCCC)COP(=O)(O)O. The van der Waals surface area contributed by atoms with E-state index in [1.54, 1.807) is 0 Å². The van der Waals surface area contributed by atoms with Gasteiger partial charge in [-0.25, -0.2) is 4.57 Å². The van der Waals surface area contributed by atoms with Crippen LogP contribution in [0.2, 0.25) is 0 Å². The van der Waals surface area contributed by atoms with Crippen molar-refractivity contribution >= 4 is 19.8 Å². The third-order valence-electron chi connectivity index (χ3n) is 6.77. The van der Waals surface area contributed by atoms with Crippen LogP contribution in [0.15, 0.2) is 60.8 Å². The Morgan fingerprint density at radius 2 is 1.07 bits per heavy atom. The van der Waals surface area contributed by atoms with Crippen molar-refractivity contribution in [3.8, 4) is 0 Å². The van der Waals surface area contributed by atoms with E-state index in [4.69, 9.17) is 19.3 Å². The number of hydrogen-bond donors (Lipinski definition) is 2. The average molecular weight is 653 g/mol. The average Bonchev–Trinajstić information content (AvgIpc) is 3.00. The lowest BCUT2D eigenvalue weighted by Crippen LogP contribution is -2.29. The minimum Gasteiger partial charge on any atom is -0.462 e. The van der Waals surface area contributed by atoms with Gasteiger partial charge in [-0.2, -0.15) is 0 Å². The number of allylic oxidation sites excluding steroid dienone is 10. The first-order valence-electron chi connectivity index (χ1n) is 17.1. The molecule has 0 bridgehead atoms. The molecule has 0 aromatic heterocycles. The summed E-state index contributed by atoms with van der Waals surface area (Å²) in [6.07, 6.45) is 38.0. The molecular weight excluding hydrogens is 591 g/mol. The molecule has 9 heteroatoms. The molecule has 0 aliphatic rings. The molecule has 258 valence electrons. The maximum atomic E-state index is 12.3. The number of phosphoric acid groups is 1. The molecule has 0 saturated carbocycles. The number of carbonyl (C=O) groups is 2. The number of phosphoric ester groups is 1. The van der Waals surface area contributed by atoms with Crippen LogP contribution in [-0.2, 0) is 28.2 Å². The van der Waals surface area contributed by atoms with E-state index in [9.17, 15) is 14.2 Å². The van der Waals surface area contributed by atoms with E-state index in [0.717, 1.165) is 77.0 Å². The molecule has 0 radical (unpaired) electrons. The summed E-state index contributed by atoms with van der Waals surface area (Å²) in [4.78, 5) is 42.5. The van der Waals surface area contributed by atoms with E-state index >= 15 is 0 Å². The van der Waals surface area contributed by atoms with Crippen LogP contribution < -0.4 is 0 Å². The minimum absolute atomic E-state index is 0.155. The van der Waals surface area contributed by atoms with Gasteiger partial charge >= 0.3 is 19.8 Å². The summed E-state index contributed by atoms with van der Waals surface area (Å²) in [6, 6.07) is 0. The van der Waals surface area contributed by atoms with Crippen molar-refractivity contribution < 1.29 is 37.9 Å². The first kappa shape index (κ1) is 42.8. The molecule has 0 amide bonds. The van der Waals surface area contributed by atoms with Gasteiger partial charge in [0.25, 0.3) is 0 Å². The molecule has 1 atom stereocenters. The predicted molar refractivity (Wildman–Crippen MR) is 184 cm³/mol. The smallest absolute Gasteiger partial charge is 0.462 e. The molecule has 0 aliphatic heterocycles. The van der Waals surface area contributed by atoms with Crippen molar-refractivity contribution in [3.63, 3.8) is 0 Å². The number of ether oxygens (including phenoxy) is 2. The van der Waals surface area contributed by atoms with E-state index in [2.05, 4.69) is 79.1 Å². The van der Waals surface area contributed by atoms with E-state index in [-0.39, 0.29) is 19.4 Å². The maximum Gasteiger partial charge on any atom is 0.469 e. The highest BCUT2D eigenvalue weighted by molar-refractivity contribution is 7.46. The Balaban J connectivity index is 4.13. The van der Waals surface area contributed by atoms with Crippen molar-refractivity contribution in [2.24, 2.45) is 0 Å².